The molecule has 1 saturated heterocycles. The van der Waals surface area contributed by atoms with Crippen molar-refractivity contribution in [2.75, 3.05) is 40.3 Å². The van der Waals surface area contributed by atoms with Gasteiger partial charge in [-0.15, -0.1) is 0 Å². The number of hydrogen-bond acceptors (Lipinski definition) is 3. The van der Waals surface area contributed by atoms with E-state index in [0.29, 0.717) is 12.0 Å². The molecule has 1 aliphatic heterocycles. The smallest absolute Gasteiger partial charge is 0.0768 e. The SMILES string of the molecule is Cc1ccc(C(CCN(C)C)C2CNCCO2)cc1. The van der Waals surface area contributed by atoms with Crippen molar-refractivity contribution in [3.05, 3.63) is 35.4 Å². The third-order valence-corrected chi connectivity index (χ3v) is 3.80. The molecule has 1 heterocycles. The van der Waals surface area contributed by atoms with Crippen LogP contribution in [0.1, 0.15) is 23.5 Å². The van der Waals surface area contributed by atoms with Crippen LogP contribution in [0.25, 0.3) is 0 Å². The van der Waals surface area contributed by atoms with Gasteiger partial charge < -0.3 is 15.0 Å². The van der Waals surface area contributed by atoms with Gasteiger partial charge in [0.15, 0.2) is 0 Å². The van der Waals surface area contributed by atoms with Crippen molar-refractivity contribution in [3.63, 3.8) is 0 Å². The number of ether oxygens (including phenoxy) is 1. The Balaban J connectivity index is 2.10. The largest absolute Gasteiger partial charge is 0.375 e. The molecule has 1 fully saturated rings. The van der Waals surface area contributed by atoms with E-state index in [1.165, 1.54) is 11.1 Å². The number of morpholine rings is 1. The average molecular weight is 262 g/mol. The molecule has 0 radical (unpaired) electrons. The van der Waals surface area contributed by atoms with Gasteiger partial charge in [0.05, 0.1) is 12.7 Å². The Kier molecular flexibility index (Phi) is 5.37. The minimum absolute atomic E-state index is 0.302. The Labute approximate surface area is 116 Å². The lowest BCUT2D eigenvalue weighted by Gasteiger charge is -2.32. The third kappa shape index (κ3) is 4.30. The van der Waals surface area contributed by atoms with Crippen LogP contribution in [-0.4, -0.2) is 51.3 Å². The van der Waals surface area contributed by atoms with Gasteiger partial charge in [-0.3, -0.25) is 0 Å². The number of benzene rings is 1. The fraction of sp³-hybridized carbons (Fsp3) is 0.625. The Morgan fingerprint density at radius 2 is 2.05 bits per heavy atom. The summed E-state index contributed by atoms with van der Waals surface area (Å²) in [6.07, 6.45) is 1.44. The van der Waals surface area contributed by atoms with Crippen molar-refractivity contribution in [1.29, 1.82) is 0 Å². The van der Waals surface area contributed by atoms with Gasteiger partial charge in [-0.05, 0) is 39.5 Å². The van der Waals surface area contributed by atoms with E-state index in [1.54, 1.807) is 0 Å². The maximum atomic E-state index is 5.98. The fourth-order valence-electron chi connectivity index (χ4n) is 2.62. The van der Waals surface area contributed by atoms with Crippen LogP contribution in [0.15, 0.2) is 24.3 Å². The zero-order valence-electron chi connectivity index (χ0n) is 12.4. The van der Waals surface area contributed by atoms with E-state index >= 15 is 0 Å². The van der Waals surface area contributed by atoms with Crippen LogP contribution in [0.3, 0.4) is 0 Å². The molecule has 1 N–H and O–H groups in total. The monoisotopic (exact) mass is 262 g/mol. The van der Waals surface area contributed by atoms with Gasteiger partial charge in [0.1, 0.15) is 0 Å². The summed E-state index contributed by atoms with van der Waals surface area (Å²) in [4.78, 5) is 2.25. The Morgan fingerprint density at radius 3 is 2.63 bits per heavy atom. The summed E-state index contributed by atoms with van der Waals surface area (Å²) < 4.78 is 5.98. The first-order valence-corrected chi connectivity index (χ1v) is 7.20. The molecule has 19 heavy (non-hydrogen) atoms. The minimum Gasteiger partial charge on any atom is -0.375 e. The molecule has 3 heteroatoms. The summed E-state index contributed by atoms with van der Waals surface area (Å²) in [5.74, 6) is 0.482. The van der Waals surface area contributed by atoms with Gasteiger partial charge >= 0.3 is 0 Å². The van der Waals surface area contributed by atoms with Gasteiger partial charge in [-0.2, -0.15) is 0 Å². The zero-order chi connectivity index (χ0) is 13.7. The fourth-order valence-corrected chi connectivity index (χ4v) is 2.62. The van der Waals surface area contributed by atoms with E-state index in [2.05, 4.69) is 55.5 Å². The van der Waals surface area contributed by atoms with Gasteiger partial charge in [0.25, 0.3) is 0 Å². The molecular weight excluding hydrogens is 236 g/mol. The first kappa shape index (κ1) is 14.5. The van der Waals surface area contributed by atoms with E-state index < -0.39 is 0 Å². The van der Waals surface area contributed by atoms with Gasteiger partial charge in [-0.1, -0.05) is 29.8 Å². The first-order chi connectivity index (χ1) is 9.16. The van der Waals surface area contributed by atoms with Crippen molar-refractivity contribution in [3.8, 4) is 0 Å². The highest BCUT2D eigenvalue weighted by molar-refractivity contribution is 5.25. The van der Waals surface area contributed by atoms with Crippen molar-refractivity contribution < 1.29 is 4.74 Å². The van der Waals surface area contributed by atoms with Gasteiger partial charge in [0.2, 0.25) is 0 Å². The predicted molar refractivity (Wildman–Crippen MR) is 79.7 cm³/mol. The summed E-state index contributed by atoms with van der Waals surface area (Å²) in [5, 5.41) is 3.45. The minimum atomic E-state index is 0.302. The molecule has 2 unspecified atom stereocenters. The van der Waals surface area contributed by atoms with E-state index in [9.17, 15) is 0 Å². The standard InChI is InChI=1S/C16H26N2O/c1-13-4-6-14(7-5-13)15(8-10-18(2)3)16-12-17-9-11-19-16/h4-7,15-17H,8-12H2,1-3H3. The summed E-state index contributed by atoms with van der Waals surface area (Å²) >= 11 is 0. The first-order valence-electron chi connectivity index (χ1n) is 7.20. The molecule has 0 spiro atoms. The zero-order valence-corrected chi connectivity index (χ0v) is 12.4. The maximum absolute atomic E-state index is 5.98. The van der Waals surface area contributed by atoms with Gasteiger partial charge in [0, 0.05) is 19.0 Å². The van der Waals surface area contributed by atoms with Crippen LogP contribution in [0.4, 0.5) is 0 Å². The lowest BCUT2D eigenvalue weighted by atomic mass is 9.89. The van der Waals surface area contributed by atoms with Crippen molar-refractivity contribution in [2.24, 2.45) is 0 Å². The quantitative estimate of drug-likeness (QED) is 0.878. The molecule has 0 aliphatic carbocycles. The number of hydrogen-bond donors (Lipinski definition) is 1. The third-order valence-electron chi connectivity index (χ3n) is 3.80. The molecule has 3 nitrogen and oxygen atoms in total. The van der Waals surface area contributed by atoms with Crippen molar-refractivity contribution in [2.45, 2.75) is 25.4 Å². The lowest BCUT2D eigenvalue weighted by molar-refractivity contribution is 0.00810. The molecule has 0 aromatic heterocycles. The Hall–Kier alpha value is -0.900. The van der Waals surface area contributed by atoms with E-state index in [-0.39, 0.29) is 0 Å². The molecular formula is C16H26N2O. The number of nitrogens with one attached hydrogen (secondary N) is 1. The van der Waals surface area contributed by atoms with Crippen molar-refractivity contribution in [1.82, 2.24) is 10.2 Å². The molecule has 1 aromatic carbocycles. The number of rotatable bonds is 5. The van der Waals surface area contributed by atoms with Crippen LogP contribution in [-0.2, 0) is 4.74 Å². The van der Waals surface area contributed by atoms with Crippen LogP contribution in [0.2, 0.25) is 0 Å². The highest BCUT2D eigenvalue weighted by Gasteiger charge is 2.25. The molecule has 2 rings (SSSR count). The number of aryl methyl sites for hydroxylation is 1. The highest BCUT2D eigenvalue weighted by Crippen LogP contribution is 2.27. The van der Waals surface area contributed by atoms with Crippen LogP contribution >= 0.6 is 0 Å². The molecule has 0 saturated carbocycles. The molecule has 2 atom stereocenters. The second kappa shape index (κ2) is 7.04. The molecule has 1 aromatic rings. The van der Waals surface area contributed by atoms with Gasteiger partial charge in [-0.25, -0.2) is 0 Å². The summed E-state index contributed by atoms with van der Waals surface area (Å²) in [6.45, 7) is 6.00. The Bertz CT molecular complexity index is 369. The molecule has 0 bridgehead atoms. The van der Waals surface area contributed by atoms with Crippen LogP contribution in [0.5, 0.6) is 0 Å². The number of nitrogens with zero attached hydrogens (tertiary/aromatic N) is 1. The lowest BCUT2D eigenvalue weighted by Crippen LogP contribution is -2.42. The highest BCUT2D eigenvalue weighted by atomic mass is 16.5. The molecule has 1 aliphatic rings. The average Bonchev–Trinajstić information content (AvgIpc) is 2.42. The van der Waals surface area contributed by atoms with Crippen molar-refractivity contribution >= 4 is 0 Å². The topological polar surface area (TPSA) is 24.5 Å². The Morgan fingerprint density at radius 1 is 1.32 bits per heavy atom. The summed E-state index contributed by atoms with van der Waals surface area (Å²) in [7, 11) is 4.26. The molecule has 0 amide bonds. The van der Waals surface area contributed by atoms with E-state index in [1.807, 2.05) is 0 Å². The van der Waals surface area contributed by atoms with Crippen LogP contribution < -0.4 is 5.32 Å². The second-order valence-electron chi connectivity index (χ2n) is 5.72. The van der Waals surface area contributed by atoms with Crippen LogP contribution in [0, 0.1) is 6.92 Å². The predicted octanol–water partition coefficient (Wildman–Crippen LogP) is 2.02. The normalized spacial score (nSPS) is 21.6. The summed E-state index contributed by atoms with van der Waals surface area (Å²) in [6, 6.07) is 8.92. The maximum Gasteiger partial charge on any atom is 0.0768 e. The molecule has 106 valence electrons. The summed E-state index contributed by atoms with van der Waals surface area (Å²) in [5.41, 5.74) is 2.72. The van der Waals surface area contributed by atoms with E-state index in [0.717, 1.165) is 32.7 Å². The second-order valence-corrected chi connectivity index (χ2v) is 5.72. The van der Waals surface area contributed by atoms with E-state index in [4.69, 9.17) is 4.74 Å².